The zero-order valence-electron chi connectivity index (χ0n) is 22.9. The van der Waals surface area contributed by atoms with Crippen LogP contribution in [-0.2, 0) is 16.1 Å². The summed E-state index contributed by atoms with van der Waals surface area (Å²) in [5.74, 6) is 2.79. The predicted molar refractivity (Wildman–Crippen MR) is 145 cm³/mol. The van der Waals surface area contributed by atoms with Gasteiger partial charge in [-0.25, -0.2) is 4.98 Å². The lowest BCUT2D eigenvalue weighted by atomic mass is 9.92. The standard InChI is InChI=1S/C29H39N5O6/c35-26-13-24(40-32-26)14-30-27(36)17-33-15-21-3-7-34(8-4-22(21)16-33)29(37)23-11-25(20-1-2-20)31-28(12-23)39-18-19-5-9-38-10-6-19/h11-13,19-22H,1-10,14-18H2,(H,30,36)(H,32,35)/t21-,22+. The Bertz CT molecular complexity index is 1230. The van der Waals surface area contributed by atoms with E-state index in [9.17, 15) is 14.4 Å². The summed E-state index contributed by atoms with van der Waals surface area (Å²) in [6.45, 7) is 5.82. The molecule has 3 saturated heterocycles. The zero-order valence-corrected chi connectivity index (χ0v) is 22.9. The normalized spacial score (nSPS) is 23.9. The maximum atomic E-state index is 13.7. The lowest BCUT2D eigenvalue weighted by molar-refractivity contribution is -0.122. The van der Waals surface area contributed by atoms with Crippen LogP contribution < -0.4 is 15.6 Å². The maximum Gasteiger partial charge on any atom is 0.280 e. The Kier molecular flexibility index (Phi) is 8.20. The molecule has 2 N–H and O–H groups in total. The Labute approximate surface area is 233 Å². The van der Waals surface area contributed by atoms with Crippen LogP contribution in [0.2, 0.25) is 0 Å². The van der Waals surface area contributed by atoms with Crippen molar-refractivity contribution in [1.29, 1.82) is 0 Å². The van der Waals surface area contributed by atoms with Gasteiger partial charge >= 0.3 is 0 Å². The van der Waals surface area contributed by atoms with E-state index in [0.29, 0.717) is 67.1 Å². The monoisotopic (exact) mass is 553 g/mol. The molecular formula is C29H39N5O6. The molecule has 2 aromatic heterocycles. The number of carbonyl (C=O) groups excluding carboxylic acids is 2. The highest BCUT2D eigenvalue weighted by Gasteiger charge is 2.37. The molecular weight excluding hydrogens is 514 g/mol. The van der Waals surface area contributed by atoms with Crippen molar-refractivity contribution in [2.45, 2.75) is 51.0 Å². The first kappa shape index (κ1) is 27.0. The number of aromatic nitrogens is 2. The first-order chi connectivity index (χ1) is 19.5. The van der Waals surface area contributed by atoms with Gasteiger partial charge in [0, 0.05) is 68.7 Å². The molecule has 1 aliphatic carbocycles. The lowest BCUT2D eigenvalue weighted by Crippen LogP contribution is -2.37. The molecule has 2 aromatic rings. The summed E-state index contributed by atoms with van der Waals surface area (Å²) < 4.78 is 16.6. The molecule has 4 aliphatic rings. The van der Waals surface area contributed by atoms with Crippen molar-refractivity contribution in [2.24, 2.45) is 17.8 Å². The molecule has 40 heavy (non-hydrogen) atoms. The van der Waals surface area contributed by atoms with Crippen LogP contribution in [0.1, 0.15) is 66.3 Å². The fourth-order valence-corrected chi connectivity index (χ4v) is 6.24. The molecule has 2 atom stereocenters. The topological polar surface area (TPSA) is 130 Å². The summed E-state index contributed by atoms with van der Waals surface area (Å²) in [6, 6.07) is 5.14. The smallest absolute Gasteiger partial charge is 0.280 e. The van der Waals surface area contributed by atoms with Gasteiger partial charge in [0.2, 0.25) is 11.8 Å². The number of fused-ring (bicyclic) bond motifs is 1. The highest BCUT2D eigenvalue weighted by Crippen LogP contribution is 2.40. The van der Waals surface area contributed by atoms with E-state index >= 15 is 0 Å². The Balaban J connectivity index is 1.02. The van der Waals surface area contributed by atoms with Crippen molar-refractivity contribution in [3.8, 4) is 5.88 Å². The lowest BCUT2D eigenvalue weighted by Gasteiger charge is -2.23. The number of ether oxygens (including phenoxy) is 2. The number of H-pyrrole nitrogens is 1. The summed E-state index contributed by atoms with van der Waals surface area (Å²) in [4.78, 5) is 46.2. The Morgan fingerprint density at radius 2 is 1.77 bits per heavy atom. The van der Waals surface area contributed by atoms with Crippen LogP contribution in [0, 0.1) is 17.8 Å². The largest absolute Gasteiger partial charge is 0.477 e. The molecule has 0 unspecified atom stereocenters. The van der Waals surface area contributed by atoms with E-state index < -0.39 is 0 Å². The second-order valence-electron chi connectivity index (χ2n) is 11.8. The summed E-state index contributed by atoms with van der Waals surface area (Å²) in [5, 5.41) is 5.04. The minimum atomic E-state index is -0.317. The number of likely N-dealkylation sites (tertiary alicyclic amines) is 2. The van der Waals surface area contributed by atoms with Gasteiger partial charge in [0.05, 0.1) is 19.7 Å². The third-order valence-electron chi connectivity index (χ3n) is 8.75. The predicted octanol–water partition coefficient (Wildman–Crippen LogP) is 2.15. The first-order valence-electron chi connectivity index (χ1n) is 14.7. The minimum absolute atomic E-state index is 0.0628. The number of hydrogen-bond donors (Lipinski definition) is 2. The van der Waals surface area contributed by atoms with E-state index in [1.54, 1.807) is 0 Å². The van der Waals surface area contributed by atoms with Gasteiger partial charge in [-0.3, -0.25) is 19.3 Å². The Morgan fingerprint density at radius 1 is 1.02 bits per heavy atom. The average molecular weight is 554 g/mol. The summed E-state index contributed by atoms with van der Waals surface area (Å²) >= 11 is 0. The van der Waals surface area contributed by atoms with E-state index in [1.165, 1.54) is 6.07 Å². The molecule has 3 aliphatic heterocycles. The van der Waals surface area contributed by atoms with Crippen LogP contribution in [0.25, 0.3) is 0 Å². The van der Waals surface area contributed by atoms with Crippen molar-refractivity contribution in [3.63, 3.8) is 0 Å². The average Bonchev–Trinajstić information content (AvgIpc) is 3.68. The fraction of sp³-hybridized carbons (Fsp3) is 0.655. The zero-order chi connectivity index (χ0) is 27.5. The number of carbonyl (C=O) groups is 2. The second kappa shape index (κ2) is 12.1. The van der Waals surface area contributed by atoms with Gasteiger partial charge in [-0.05, 0) is 62.3 Å². The third-order valence-corrected chi connectivity index (χ3v) is 8.75. The van der Waals surface area contributed by atoms with Crippen molar-refractivity contribution in [1.82, 2.24) is 25.3 Å². The van der Waals surface area contributed by atoms with Crippen LogP contribution in [0.15, 0.2) is 27.5 Å². The SMILES string of the molecule is O=C(CN1C[C@H]2CCN(C(=O)c3cc(OCC4CCOCC4)nc(C4CC4)c3)CC[C@H]2C1)NCc1cc(=O)[nH]o1. The van der Waals surface area contributed by atoms with Crippen LogP contribution in [0.4, 0.5) is 0 Å². The fourth-order valence-electron chi connectivity index (χ4n) is 6.24. The van der Waals surface area contributed by atoms with Crippen LogP contribution in [-0.4, -0.2) is 84.3 Å². The van der Waals surface area contributed by atoms with Gasteiger partial charge in [0.15, 0.2) is 5.76 Å². The molecule has 0 spiro atoms. The number of rotatable bonds is 9. The number of pyridine rings is 1. The molecule has 2 amide bonds. The van der Waals surface area contributed by atoms with Crippen LogP contribution in [0.5, 0.6) is 5.88 Å². The van der Waals surface area contributed by atoms with Gasteiger partial charge in [-0.2, -0.15) is 5.16 Å². The number of hydrogen-bond acceptors (Lipinski definition) is 8. The highest BCUT2D eigenvalue weighted by atomic mass is 16.5. The Hall–Kier alpha value is -3.18. The molecule has 0 bridgehead atoms. The molecule has 6 rings (SSSR count). The summed E-state index contributed by atoms with van der Waals surface area (Å²) in [6.07, 6.45) is 6.09. The number of nitrogens with one attached hydrogen (secondary N) is 2. The molecule has 216 valence electrons. The maximum absolute atomic E-state index is 13.7. The molecule has 5 heterocycles. The van der Waals surface area contributed by atoms with E-state index in [4.69, 9.17) is 19.0 Å². The van der Waals surface area contributed by atoms with E-state index in [2.05, 4.69) is 15.4 Å². The molecule has 0 aromatic carbocycles. The van der Waals surface area contributed by atoms with E-state index in [1.807, 2.05) is 17.0 Å². The molecule has 1 saturated carbocycles. The highest BCUT2D eigenvalue weighted by molar-refractivity contribution is 5.94. The molecule has 4 fully saturated rings. The summed E-state index contributed by atoms with van der Waals surface area (Å²) in [5.41, 5.74) is 1.35. The van der Waals surface area contributed by atoms with Crippen LogP contribution in [0.3, 0.4) is 0 Å². The second-order valence-corrected chi connectivity index (χ2v) is 11.8. The van der Waals surface area contributed by atoms with Gasteiger partial charge in [-0.1, -0.05) is 0 Å². The van der Waals surface area contributed by atoms with Gasteiger partial charge in [0.1, 0.15) is 0 Å². The Morgan fingerprint density at radius 3 is 2.45 bits per heavy atom. The van der Waals surface area contributed by atoms with E-state index in [0.717, 1.165) is 70.5 Å². The van der Waals surface area contributed by atoms with Crippen molar-refractivity contribution in [2.75, 3.05) is 52.5 Å². The summed E-state index contributed by atoms with van der Waals surface area (Å²) in [7, 11) is 0. The number of amides is 2. The number of nitrogens with zero attached hydrogens (tertiary/aromatic N) is 3. The minimum Gasteiger partial charge on any atom is -0.477 e. The van der Waals surface area contributed by atoms with Crippen molar-refractivity contribution >= 4 is 11.8 Å². The van der Waals surface area contributed by atoms with Gasteiger partial charge < -0.3 is 24.2 Å². The molecule has 11 heteroatoms. The van der Waals surface area contributed by atoms with E-state index in [-0.39, 0.29) is 23.9 Å². The molecule has 11 nitrogen and oxygen atoms in total. The molecule has 0 radical (unpaired) electrons. The quantitative estimate of drug-likeness (QED) is 0.483. The third kappa shape index (κ3) is 6.75. The van der Waals surface area contributed by atoms with Gasteiger partial charge in [-0.15, -0.1) is 0 Å². The van der Waals surface area contributed by atoms with Crippen molar-refractivity contribution in [3.05, 3.63) is 45.6 Å². The van der Waals surface area contributed by atoms with Gasteiger partial charge in [0.25, 0.3) is 11.5 Å². The first-order valence-corrected chi connectivity index (χ1v) is 14.7. The van der Waals surface area contributed by atoms with Crippen LogP contribution >= 0.6 is 0 Å². The van der Waals surface area contributed by atoms with Crippen molar-refractivity contribution < 1.29 is 23.6 Å². The number of aromatic amines is 1.